The first-order valence-electron chi connectivity index (χ1n) is 6.42. The fourth-order valence-corrected chi connectivity index (χ4v) is 1.93. The third-order valence-electron chi connectivity index (χ3n) is 2.76. The van der Waals surface area contributed by atoms with Crippen LogP contribution in [-0.4, -0.2) is 34.9 Å². The molecule has 2 atom stereocenters. The standard InChI is InChI=1S/C16H15NO3/c1-2-20-16(19)17-13-8-5-3-4-6-11-15(18)12-14(17)10-7-9-13/h3-4,7,10,12-13,15,18H,2,9H2,1H3/b4-3-,14-12-. The van der Waals surface area contributed by atoms with E-state index in [0.29, 0.717) is 12.1 Å². The summed E-state index contributed by atoms with van der Waals surface area (Å²) in [6.07, 6.45) is 7.59. The highest BCUT2D eigenvalue weighted by Gasteiger charge is 2.28. The van der Waals surface area contributed by atoms with Crippen LogP contribution in [0.5, 0.6) is 0 Å². The quantitative estimate of drug-likeness (QED) is 0.736. The third-order valence-corrected chi connectivity index (χ3v) is 2.76. The van der Waals surface area contributed by atoms with Crippen molar-refractivity contribution in [3.8, 4) is 23.7 Å². The van der Waals surface area contributed by atoms with Crippen LogP contribution >= 0.6 is 0 Å². The van der Waals surface area contributed by atoms with E-state index < -0.39 is 12.2 Å². The van der Waals surface area contributed by atoms with Gasteiger partial charge in [0.2, 0.25) is 0 Å². The van der Waals surface area contributed by atoms with Crippen molar-refractivity contribution in [2.45, 2.75) is 25.5 Å². The lowest BCUT2D eigenvalue weighted by Crippen LogP contribution is -2.40. The van der Waals surface area contributed by atoms with Crippen LogP contribution in [0.1, 0.15) is 13.3 Å². The molecule has 0 aromatic heterocycles. The summed E-state index contributed by atoms with van der Waals surface area (Å²) in [6.45, 7) is 2.04. The Morgan fingerprint density at radius 2 is 2.20 bits per heavy atom. The van der Waals surface area contributed by atoms with Gasteiger partial charge in [-0.2, -0.15) is 0 Å². The highest BCUT2D eigenvalue weighted by molar-refractivity contribution is 5.72. The molecule has 0 saturated carbocycles. The third kappa shape index (κ3) is 3.32. The fraction of sp³-hybridized carbons (Fsp3) is 0.312. The molecule has 0 aromatic carbocycles. The number of ether oxygens (including phenoxy) is 1. The van der Waals surface area contributed by atoms with Crippen molar-refractivity contribution in [2.75, 3.05) is 6.61 Å². The summed E-state index contributed by atoms with van der Waals surface area (Å²) in [7, 11) is 0. The normalized spacial score (nSPS) is 27.7. The number of nitrogens with zero attached hydrogens (tertiary/aromatic N) is 1. The Balaban J connectivity index is 2.44. The van der Waals surface area contributed by atoms with Gasteiger partial charge in [0, 0.05) is 5.70 Å². The summed E-state index contributed by atoms with van der Waals surface area (Å²) in [5.74, 6) is 11.2. The molecule has 4 nitrogen and oxygen atoms in total. The van der Waals surface area contributed by atoms with E-state index in [1.54, 1.807) is 25.2 Å². The van der Waals surface area contributed by atoms with Crippen LogP contribution in [0.3, 0.4) is 0 Å². The molecule has 20 heavy (non-hydrogen) atoms. The molecule has 0 radical (unpaired) electrons. The number of aliphatic hydroxyl groups is 1. The second kappa shape index (κ2) is 6.65. The van der Waals surface area contributed by atoms with Gasteiger partial charge in [-0.1, -0.05) is 29.8 Å². The van der Waals surface area contributed by atoms with E-state index in [0.717, 1.165) is 0 Å². The molecule has 102 valence electrons. The maximum absolute atomic E-state index is 12.1. The molecular formula is C16H15NO3. The summed E-state index contributed by atoms with van der Waals surface area (Å²) >= 11 is 0. The van der Waals surface area contributed by atoms with Gasteiger partial charge in [-0.05, 0) is 37.6 Å². The Labute approximate surface area is 118 Å². The van der Waals surface area contributed by atoms with Gasteiger partial charge in [0.05, 0.1) is 6.61 Å². The van der Waals surface area contributed by atoms with Crippen LogP contribution in [0, 0.1) is 23.7 Å². The number of rotatable bonds is 1. The molecule has 2 unspecified atom stereocenters. The Morgan fingerprint density at radius 3 is 2.95 bits per heavy atom. The molecule has 0 aliphatic carbocycles. The predicted octanol–water partition coefficient (Wildman–Crippen LogP) is 1.59. The highest BCUT2D eigenvalue weighted by Crippen LogP contribution is 2.22. The van der Waals surface area contributed by atoms with Crippen molar-refractivity contribution in [1.82, 2.24) is 4.90 Å². The summed E-state index contributed by atoms with van der Waals surface area (Å²) in [4.78, 5) is 13.6. The lowest BCUT2D eigenvalue weighted by Gasteiger charge is -2.31. The van der Waals surface area contributed by atoms with E-state index in [1.165, 1.54) is 11.0 Å². The minimum absolute atomic E-state index is 0.286. The molecule has 0 spiro atoms. The van der Waals surface area contributed by atoms with Gasteiger partial charge in [0.25, 0.3) is 0 Å². The minimum Gasteiger partial charge on any atom is -0.449 e. The Morgan fingerprint density at radius 1 is 1.45 bits per heavy atom. The molecule has 0 aromatic rings. The summed E-state index contributed by atoms with van der Waals surface area (Å²) in [5, 5.41) is 9.83. The summed E-state index contributed by atoms with van der Waals surface area (Å²) < 4.78 is 5.06. The summed E-state index contributed by atoms with van der Waals surface area (Å²) in [6, 6.07) is -0.305. The van der Waals surface area contributed by atoms with Gasteiger partial charge in [-0.3, -0.25) is 4.90 Å². The molecule has 2 heterocycles. The number of fused-ring (bicyclic) bond motifs is 2. The van der Waals surface area contributed by atoms with Crippen LogP contribution in [0.4, 0.5) is 4.79 Å². The van der Waals surface area contributed by atoms with Crippen LogP contribution < -0.4 is 0 Å². The Kier molecular flexibility index (Phi) is 4.65. The smallest absolute Gasteiger partial charge is 0.415 e. The van der Waals surface area contributed by atoms with Crippen molar-refractivity contribution in [2.24, 2.45) is 0 Å². The monoisotopic (exact) mass is 269 g/mol. The summed E-state index contributed by atoms with van der Waals surface area (Å²) in [5.41, 5.74) is 0.553. The van der Waals surface area contributed by atoms with E-state index in [9.17, 15) is 9.90 Å². The molecule has 1 amide bonds. The van der Waals surface area contributed by atoms with Crippen LogP contribution in [-0.2, 0) is 4.74 Å². The number of amides is 1. The first-order chi connectivity index (χ1) is 9.72. The number of hydrogen-bond donors (Lipinski definition) is 1. The van der Waals surface area contributed by atoms with Crippen LogP contribution in [0.15, 0.2) is 36.1 Å². The Bertz CT molecular complexity index is 593. The zero-order valence-corrected chi connectivity index (χ0v) is 11.2. The van der Waals surface area contributed by atoms with E-state index in [2.05, 4.69) is 23.7 Å². The van der Waals surface area contributed by atoms with E-state index in [4.69, 9.17) is 4.74 Å². The second-order valence-electron chi connectivity index (χ2n) is 4.17. The zero-order valence-electron chi connectivity index (χ0n) is 11.2. The second-order valence-corrected chi connectivity index (χ2v) is 4.17. The van der Waals surface area contributed by atoms with Crippen molar-refractivity contribution < 1.29 is 14.6 Å². The number of carbonyl (C=O) groups excluding carboxylic acids is 1. The van der Waals surface area contributed by atoms with Crippen molar-refractivity contribution in [1.29, 1.82) is 0 Å². The topological polar surface area (TPSA) is 49.8 Å². The molecule has 2 rings (SSSR count). The molecule has 2 bridgehead atoms. The maximum Gasteiger partial charge on any atom is 0.415 e. The molecule has 0 fully saturated rings. The Hall–Kier alpha value is -2.43. The van der Waals surface area contributed by atoms with Gasteiger partial charge in [-0.15, -0.1) is 0 Å². The molecule has 0 saturated heterocycles. The average Bonchev–Trinajstić information content (AvgIpc) is 2.44. The first-order valence-corrected chi connectivity index (χ1v) is 6.42. The lowest BCUT2D eigenvalue weighted by molar-refractivity contribution is 0.112. The van der Waals surface area contributed by atoms with Gasteiger partial charge in [0.1, 0.15) is 12.1 Å². The minimum atomic E-state index is -0.951. The number of aliphatic hydroxyl groups excluding tert-OH is 1. The maximum atomic E-state index is 12.1. The van der Waals surface area contributed by atoms with Gasteiger partial charge < -0.3 is 9.84 Å². The molecule has 2 aliphatic rings. The van der Waals surface area contributed by atoms with Gasteiger partial charge in [-0.25, -0.2) is 4.79 Å². The zero-order chi connectivity index (χ0) is 14.4. The van der Waals surface area contributed by atoms with Gasteiger partial charge in [0.15, 0.2) is 0 Å². The first kappa shape index (κ1) is 14.0. The largest absolute Gasteiger partial charge is 0.449 e. The van der Waals surface area contributed by atoms with E-state index in [1.807, 2.05) is 6.08 Å². The number of carbonyl (C=O) groups is 1. The van der Waals surface area contributed by atoms with Crippen molar-refractivity contribution in [3.05, 3.63) is 36.1 Å². The van der Waals surface area contributed by atoms with Crippen molar-refractivity contribution in [3.63, 3.8) is 0 Å². The SMILES string of the molecule is CCOC(=O)N1/C2=C\C(O)C#C/C=C\C#CC1CC=C2. The number of allylic oxidation sites excluding steroid dienone is 3. The predicted molar refractivity (Wildman–Crippen MR) is 75.2 cm³/mol. The lowest BCUT2D eigenvalue weighted by atomic mass is 10.1. The molecule has 4 heteroatoms. The highest BCUT2D eigenvalue weighted by atomic mass is 16.6. The van der Waals surface area contributed by atoms with Gasteiger partial charge >= 0.3 is 6.09 Å². The van der Waals surface area contributed by atoms with E-state index >= 15 is 0 Å². The molecular weight excluding hydrogens is 254 g/mol. The van der Waals surface area contributed by atoms with E-state index in [-0.39, 0.29) is 12.6 Å². The van der Waals surface area contributed by atoms with Crippen LogP contribution in [0.25, 0.3) is 0 Å². The fourth-order valence-electron chi connectivity index (χ4n) is 1.93. The number of hydrogen-bond acceptors (Lipinski definition) is 3. The average molecular weight is 269 g/mol. The van der Waals surface area contributed by atoms with Crippen molar-refractivity contribution >= 4 is 6.09 Å². The van der Waals surface area contributed by atoms with Crippen LogP contribution in [0.2, 0.25) is 0 Å². The molecule has 2 aliphatic heterocycles. The molecule has 1 N–H and O–H groups in total.